The predicted molar refractivity (Wildman–Crippen MR) is 78.5 cm³/mol. The zero-order valence-electron chi connectivity index (χ0n) is 12.1. The quantitative estimate of drug-likeness (QED) is 0.721. The molecule has 0 bridgehead atoms. The number of ether oxygens (including phenoxy) is 1. The van der Waals surface area contributed by atoms with Gasteiger partial charge >= 0.3 is 5.97 Å². The number of halogens is 1. The highest BCUT2D eigenvalue weighted by Gasteiger charge is 2.23. The summed E-state index contributed by atoms with van der Waals surface area (Å²) in [5.74, 6) is -0.270. The summed E-state index contributed by atoms with van der Waals surface area (Å²) in [4.78, 5) is 15.1. The first-order valence-corrected chi connectivity index (χ1v) is 7.54. The van der Waals surface area contributed by atoms with Crippen LogP contribution in [0.15, 0.2) is 24.3 Å². The molecule has 2 rings (SSSR count). The third-order valence-electron chi connectivity index (χ3n) is 3.77. The van der Waals surface area contributed by atoms with E-state index in [0.717, 1.165) is 19.6 Å². The number of esters is 1. The molecular formula is C15H23ClN2O2+2. The van der Waals surface area contributed by atoms with E-state index in [1.165, 1.54) is 18.0 Å². The number of quaternary nitrogens is 2. The predicted octanol–water partition coefficient (Wildman–Crippen LogP) is -0.701. The van der Waals surface area contributed by atoms with Gasteiger partial charge < -0.3 is 14.5 Å². The molecule has 1 saturated heterocycles. The second-order valence-electron chi connectivity index (χ2n) is 5.63. The lowest BCUT2D eigenvalue weighted by atomic mass is 10.2. The van der Waals surface area contributed by atoms with Crippen LogP contribution in [0.2, 0.25) is 5.02 Å². The van der Waals surface area contributed by atoms with Crippen molar-refractivity contribution in [3.05, 3.63) is 34.9 Å². The topological polar surface area (TPSA) is 35.2 Å². The largest absolute Gasteiger partial charge is 0.453 e. The number of hydrogen-bond acceptors (Lipinski definition) is 2. The molecule has 20 heavy (non-hydrogen) atoms. The van der Waals surface area contributed by atoms with Crippen LogP contribution in [0.3, 0.4) is 0 Å². The normalized spacial score (nSPS) is 24.1. The summed E-state index contributed by atoms with van der Waals surface area (Å²) < 4.78 is 5.50. The minimum atomic E-state index is -0.270. The highest BCUT2D eigenvalue weighted by molar-refractivity contribution is 6.30. The molecule has 0 spiro atoms. The molecule has 110 valence electrons. The van der Waals surface area contributed by atoms with E-state index in [4.69, 9.17) is 16.3 Å². The summed E-state index contributed by atoms with van der Waals surface area (Å²) in [6, 6.07) is 6.81. The van der Waals surface area contributed by atoms with Gasteiger partial charge in [-0.05, 0) is 31.2 Å². The Hall–Kier alpha value is -1.10. The van der Waals surface area contributed by atoms with Crippen LogP contribution in [0.1, 0.15) is 17.3 Å². The Morgan fingerprint density at radius 3 is 2.45 bits per heavy atom. The van der Waals surface area contributed by atoms with Crippen molar-refractivity contribution in [1.29, 1.82) is 0 Å². The average Bonchev–Trinajstić information content (AvgIpc) is 2.42. The first-order chi connectivity index (χ1) is 9.54. The summed E-state index contributed by atoms with van der Waals surface area (Å²) in [5, 5.41) is 0.624. The molecule has 1 aromatic rings. The molecule has 2 N–H and O–H groups in total. The van der Waals surface area contributed by atoms with Gasteiger partial charge in [0.05, 0.1) is 12.6 Å². The number of nitrogens with one attached hydrogen (secondary N) is 2. The van der Waals surface area contributed by atoms with Gasteiger partial charge in [0, 0.05) is 5.02 Å². The van der Waals surface area contributed by atoms with Crippen LogP contribution in [0.5, 0.6) is 0 Å². The maximum Gasteiger partial charge on any atom is 0.338 e. The van der Waals surface area contributed by atoms with Crippen molar-refractivity contribution in [1.82, 2.24) is 0 Å². The van der Waals surface area contributed by atoms with Crippen molar-refractivity contribution in [2.75, 3.05) is 39.8 Å². The number of hydrogen-bond donors (Lipinski definition) is 2. The highest BCUT2D eigenvalue weighted by Crippen LogP contribution is 2.10. The number of likely N-dealkylation sites (N-methyl/N-ethyl adjacent to an activating group) is 1. The average molecular weight is 299 g/mol. The third-order valence-corrected chi connectivity index (χ3v) is 4.03. The van der Waals surface area contributed by atoms with E-state index in [1.807, 2.05) is 6.92 Å². The lowest BCUT2D eigenvalue weighted by Gasteiger charge is -2.28. The molecule has 1 aliphatic rings. The molecule has 1 aliphatic heterocycles. The lowest BCUT2D eigenvalue weighted by molar-refractivity contribution is -1.00. The SMILES string of the molecule is C[C@@H](C[NH+]1CC[NH+](C)CC1)OC(=O)c1ccc(Cl)cc1. The maximum absolute atomic E-state index is 12.0. The minimum Gasteiger partial charge on any atom is -0.453 e. The van der Waals surface area contributed by atoms with Gasteiger partial charge in [-0.1, -0.05) is 11.6 Å². The van der Waals surface area contributed by atoms with Crippen molar-refractivity contribution >= 4 is 17.6 Å². The van der Waals surface area contributed by atoms with Crippen molar-refractivity contribution in [2.45, 2.75) is 13.0 Å². The molecule has 0 aromatic heterocycles. The second-order valence-corrected chi connectivity index (χ2v) is 6.07. The molecule has 4 nitrogen and oxygen atoms in total. The Morgan fingerprint density at radius 1 is 1.25 bits per heavy atom. The summed E-state index contributed by atoms with van der Waals surface area (Å²) in [6.07, 6.45) is -0.0633. The van der Waals surface area contributed by atoms with Gasteiger partial charge in [-0.15, -0.1) is 0 Å². The molecule has 1 heterocycles. The van der Waals surface area contributed by atoms with Gasteiger partial charge in [0.15, 0.2) is 0 Å². The Bertz CT molecular complexity index is 442. The van der Waals surface area contributed by atoms with Crippen LogP contribution in [0.4, 0.5) is 0 Å². The fourth-order valence-electron chi connectivity index (χ4n) is 2.52. The first kappa shape index (κ1) is 15.3. The van der Waals surface area contributed by atoms with Crippen LogP contribution in [0.25, 0.3) is 0 Å². The van der Waals surface area contributed by atoms with Gasteiger partial charge in [0.2, 0.25) is 0 Å². The Kier molecular flexibility index (Phi) is 5.40. The molecular weight excluding hydrogens is 276 g/mol. The lowest BCUT2D eigenvalue weighted by Crippen LogP contribution is -3.27. The summed E-state index contributed by atoms with van der Waals surface area (Å²) in [6.45, 7) is 7.52. The maximum atomic E-state index is 12.0. The number of rotatable bonds is 4. The van der Waals surface area contributed by atoms with Crippen LogP contribution < -0.4 is 9.80 Å². The summed E-state index contributed by atoms with van der Waals surface area (Å²) >= 11 is 5.81. The zero-order chi connectivity index (χ0) is 14.5. The van der Waals surface area contributed by atoms with E-state index in [9.17, 15) is 4.79 Å². The van der Waals surface area contributed by atoms with Gasteiger partial charge in [-0.2, -0.15) is 0 Å². The second kappa shape index (κ2) is 7.07. The van der Waals surface area contributed by atoms with Crippen molar-refractivity contribution in [3.8, 4) is 0 Å². The van der Waals surface area contributed by atoms with Gasteiger partial charge in [0.1, 0.15) is 38.8 Å². The van der Waals surface area contributed by atoms with Gasteiger partial charge in [-0.25, -0.2) is 4.79 Å². The number of piperazine rings is 1. The van der Waals surface area contributed by atoms with E-state index in [1.54, 1.807) is 29.2 Å². The van der Waals surface area contributed by atoms with Crippen molar-refractivity contribution < 1.29 is 19.3 Å². The van der Waals surface area contributed by atoms with Crippen molar-refractivity contribution in [3.63, 3.8) is 0 Å². The van der Waals surface area contributed by atoms with Crippen LogP contribution in [-0.4, -0.2) is 51.8 Å². The standard InChI is InChI=1S/C15H21ClN2O2/c1-12(11-18-9-7-17(2)8-10-18)20-15(19)13-3-5-14(16)6-4-13/h3-6,12H,7-11H2,1-2H3/p+2/t12-/m0/s1. The van der Waals surface area contributed by atoms with E-state index < -0.39 is 0 Å². The molecule has 0 saturated carbocycles. The van der Waals surface area contributed by atoms with Crippen LogP contribution in [0, 0.1) is 0 Å². The van der Waals surface area contributed by atoms with Crippen LogP contribution in [-0.2, 0) is 4.74 Å². The smallest absolute Gasteiger partial charge is 0.338 e. The number of carbonyl (C=O) groups excluding carboxylic acids is 1. The Labute approximate surface area is 125 Å². The first-order valence-electron chi connectivity index (χ1n) is 7.16. The molecule has 0 unspecified atom stereocenters. The zero-order valence-corrected chi connectivity index (χ0v) is 12.9. The van der Waals surface area contributed by atoms with Gasteiger partial charge in [0.25, 0.3) is 0 Å². The number of benzene rings is 1. The van der Waals surface area contributed by atoms with E-state index in [-0.39, 0.29) is 12.1 Å². The summed E-state index contributed by atoms with van der Waals surface area (Å²) in [5.41, 5.74) is 0.555. The molecule has 1 atom stereocenters. The monoisotopic (exact) mass is 298 g/mol. The molecule has 0 aliphatic carbocycles. The molecule has 5 heteroatoms. The third kappa shape index (κ3) is 4.47. The van der Waals surface area contributed by atoms with Crippen molar-refractivity contribution in [2.24, 2.45) is 0 Å². The van der Waals surface area contributed by atoms with E-state index in [2.05, 4.69) is 7.05 Å². The molecule has 1 fully saturated rings. The summed E-state index contributed by atoms with van der Waals surface area (Å²) in [7, 11) is 2.22. The van der Waals surface area contributed by atoms with E-state index >= 15 is 0 Å². The molecule has 0 radical (unpaired) electrons. The number of carbonyl (C=O) groups is 1. The molecule has 1 aromatic carbocycles. The fraction of sp³-hybridized carbons (Fsp3) is 0.533. The molecule has 0 amide bonds. The van der Waals surface area contributed by atoms with E-state index in [0.29, 0.717) is 10.6 Å². The van der Waals surface area contributed by atoms with Gasteiger partial charge in [-0.3, -0.25) is 0 Å². The fourth-order valence-corrected chi connectivity index (χ4v) is 2.65. The minimum absolute atomic E-state index is 0.0633. The van der Waals surface area contributed by atoms with Crippen LogP contribution >= 0.6 is 11.6 Å². The highest BCUT2D eigenvalue weighted by atomic mass is 35.5. The Morgan fingerprint density at radius 2 is 1.85 bits per heavy atom. The Balaban J connectivity index is 1.80.